The Bertz CT molecular complexity index is 294. The lowest BCUT2D eigenvalue weighted by molar-refractivity contribution is -0.0148. The highest BCUT2D eigenvalue weighted by atomic mass is 79.9. The van der Waals surface area contributed by atoms with E-state index in [4.69, 9.17) is 4.74 Å². The van der Waals surface area contributed by atoms with Crippen LogP contribution in [0.1, 0.15) is 13.3 Å². The maximum atomic E-state index is 11.3. The van der Waals surface area contributed by atoms with Gasteiger partial charge in [-0.05, 0) is 13.0 Å². The molecular formula is C10H20BrNO3S. The van der Waals surface area contributed by atoms with Gasteiger partial charge in [0.05, 0.1) is 18.5 Å². The number of ether oxygens (including phenoxy) is 1. The first kappa shape index (κ1) is 14.4. The van der Waals surface area contributed by atoms with Gasteiger partial charge < -0.3 is 4.74 Å². The Morgan fingerprint density at radius 3 is 2.88 bits per heavy atom. The van der Waals surface area contributed by atoms with Crippen molar-refractivity contribution in [3.8, 4) is 0 Å². The van der Waals surface area contributed by atoms with Crippen LogP contribution in [-0.2, 0) is 14.6 Å². The summed E-state index contributed by atoms with van der Waals surface area (Å²) in [6, 6.07) is 0. The van der Waals surface area contributed by atoms with Gasteiger partial charge in [-0.15, -0.1) is 0 Å². The lowest BCUT2D eigenvalue weighted by atomic mass is 10.3. The summed E-state index contributed by atoms with van der Waals surface area (Å²) in [5.41, 5.74) is 0. The van der Waals surface area contributed by atoms with E-state index in [9.17, 15) is 8.42 Å². The first-order valence-electron chi connectivity index (χ1n) is 5.67. The molecular weight excluding hydrogens is 294 g/mol. The van der Waals surface area contributed by atoms with Gasteiger partial charge in [-0.3, -0.25) is 4.90 Å². The molecule has 0 spiro atoms. The van der Waals surface area contributed by atoms with Crippen molar-refractivity contribution in [2.24, 2.45) is 0 Å². The molecule has 0 N–H and O–H groups in total. The highest BCUT2D eigenvalue weighted by Gasteiger charge is 2.19. The Labute approximate surface area is 106 Å². The lowest BCUT2D eigenvalue weighted by Gasteiger charge is -2.31. The van der Waals surface area contributed by atoms with E-state index in [0.717, 1.165) is 38.0 Å². The number of halogens is 1. The highest BCUT2D eigenvalue weighted by Crippen LogP contribution is 2.08. The normalized spacial score (nSPS) is 23.5. The van der Waals surface area contributed by atoms with Crippen molar-refractivity contribution in [2.75, 3.05) is 43.1 Å². The van der Waals surface area contributed by atoms with E-state index >= 15 is 0 Å². The molecule has 16 heavy (non-hydrogen) atoms. The van der Waals surface area contributed by atoms with Crippen LogP contribution in [0.25, 0.3) is 0 Å². The number of hydrogen-bond acceptors (Lipinski definition) is 4. The molecule has 1 unspecified atom stereocenters. The standard InChI is InChI=1S/C10H20BrNO3S/c1-2-16(13,14)7-3-4-12-5-6-15-10(8-11)9-12/h10H,2-9H2,1H3. The summed E-state index contributed by atoms with van der Waals surface area (Å²) in [4.78, 5) is 2.28. The van der Waals surface area contributed by atoms with Gasteiger partial charge in [0.25, 0.3) is 0 Å². The molecule has 4 nitrogen and oxygen atoms in total. The fourth-order valence-electron chi connectivity index (χ4n) is 1.73. The van der Waals surface area contributed by atoms with Crippen molar-refractivity contribution in [3.05, 3.63) is 0 Å². The molecule has 0 aromatic heterocycles. The van der Waals surface area contributed by atoms with Crippen LogP contribution in [0.3, 0.4) is 0 Å². The van der Waals surface area contributed by atoms with Crippen LogP contribution < -0.4 is 0 Å². The Hall–Kier alpha value is 0.350. The smallest absolute Gasteiger partial charge is 0.150 e. The zero-order valence-electron chi connectivity index (χ0n) is 9.69. The van der Waals surface area contributed by atoms with Crippen molar-refractivity contribution >= 4 is 25.8 Å². The SMILES string of the molecule is CCS(=O)(=O)CCCN1CCOC(CBr)C1. The molecule has 0 saturated carbocycles. The molecule has 1 saturated heterocycles. The third kappa shape index (κ3) is 5.12. The van der Waals surface area contributed by atoms with E-state index in [2.05, 4.69) is 20.8 Å². The minimum absolute atomic E-state index is 0.247. The number of morpholine rings is 1. The van der Waals surface area contributed by atoms with Gasteiger partial charge in [0.15, 0.2) is 0 Å². The van der Waals surface area contributed by atoms with E-state index in [1.54, 1.807) is 6.92 Å². The van der Waals surface area contributed by atoms with Crippen LogP contribution in [0.5, 0.6) is 0 Å². The van der Waals surface area contributed by atoms with Crippen molar-refractivity contribution in [3.63, 3.8) is 0 Å². The molecule has 6 heteroatoms. The van der Waals surface area contributed by atoms with Crippen LogP contribution in [0, 0.1) is 0 Å². The maximum absolute atomic E-state index is 11.3. The van der Waals surface area contributed by atoms with Gasteiger partial charge in [0.1, 0.15) is 9.84 Å². The van der Waals surface area contributed by atoms with E-state index < -0.39 is 9.84 Å². The minimum Gasteiger partial charge on any atom is -0.375 e. The largest absolute Gasteiger partial charge is 0.375 e. The quantitative estimate of drug-likeness (QED) is 0.684. The Balaban J connectivity index is 2.22. The number of rotatable bonds is 6. The van der Waals surface area contributed by atoms with Crippen LogP contribution in [0.15, 0.2) is 0 Å². The number of nitrogens with zero attached hydrogens (tertiary/aromatic N) is 1. The topological polar surface area (TPSA) is 46.6 Å². The van der Waals surface area contributed by atoms with Gasteiger partial charge >= 0.3 is 0 Å². The Morgan fingerprint density at radius 1 is 1.50 bits per heavy atom. The van der Waals surface area contributed by atoms with Crippen molar-refractivity contribution < 1.29 is 13.2 Å². The molecule has 1 fully saturated rings. The van der Waals surface area contributed by atoms with E-state index in [-0.39, 0.29) is 11.9 Å². The second-order valence-corrected chi connectivity index (χ2v) is 7.16. The first-order valence-corrected chi connectivity index (χ1v) is 8.62. The molecule has 0 aliphatic carbocycles. The summed E-state index contributed by atoms with van der Waals surface area (Å²) in [6.45, 7) is 5.11. The lowest BCUT2D eigenvalue weighted by Crippen LogP contribution is -2.43. The Morgan fingerprint density at radius 2 is 2.25 bits per heavy atom. The predicted octanol–water partition coefficient (Wildman–Crippen LogP) is 0.907. The van der Waals surface area contributed by atoms with E-state index in [0.29, 0.717) is 5.75 Å². The van der Waals surface area contributed by atoms with Gasteiger partial charge in [0, 0.05) is 24.2 Å². The zero-order chi connectivity index (χ0) is 12.0. The first-order chi connectivity index (χ1) is 7.57. The van der Waals surface area contributed by atoms with Gasteiger partial charge in [0.2, 0.25) is 0 Å². The van der Waals surface area contributed by atoms with Crippen molar-refractivity contribution in [1.29, 1.82) is 0 Å². The predicted molar refractivity (Wildman–Crippen MR) is 68.9 cm³/mol. The molecule has 0 amide bonds. The number of hydrogen-bond donors (Lipinski definition) is 0. The molecule has 0 aromatic rings. The third-order valence-electron chi connectivity index (χ3n) is 2.76. The summed E-state index contributed by atoms with van der Waals surface area (Å²) >= 11 is 3.40. The van der Waals surface area contributed by atoms with E-state index in [1.165, 1.54) is 0 Å². The molecule has 0 aromatic carbocycles. The fourth-order valence-corrected chi connectivity index (χ4v) is 2.98. The molecule has 0 bridgehead atoms. The summed E-state index contributed by atoms with van der Waals surface area (Å²) in [6.07, 6.45) is 0.974. The van der Waals surface area contributed by atoms with Crippen LogP contribution in [-0.4, -0.2) is 62.5 Å². The van der Waals surface area contributed by atoms with Gasteiger partial charge in [-0.1, -0.05) is 22.9 Å². The molecule has 1 heterocycles. The zero-order valence-corrected chi connectivity index (χ0v) is 12.1. The molecule has 1 aliphatic rings. The molecule has 1 rings (SSSR count). The second kappa shape index (κ2) is 6.93. The average molecular weight is 314 g/mol. The number of alkyl halides is 1. The summed E-state index contributed by atoms with van der Waals surface area (Å²) in [7, 11) is -2.81. The third-order valence-corrected chi connectivity index (χ3v) is 5.28. The molecule has 96 valence electrons. The highest BCUT2D eigenvalue weighted by molar-refractivity contribution is 9.09. The van der Waals surface area contributed by atoms with Gasteiger partial charge in [-0.25, -0.2) is 8.42 Å². The van der Waals surface area contributed by atoms with Crippen molar-refractivity contribution in [2.45, 2.75) is 19.4 Å². The van der Waals surface area contributed by atoms with Crippen LogP contribution in [0.4, 0.5) is 0 Å². The Kier molecular flexibility index (Phi) is 6.25. The summed E-state index contributed by atoms with van der Waals surface area (Å²) in [5.74, 6) is 0.556. The fraction of sp³-hybridized carbons (Fsp3) is 1.00. The number of sulfone groups is 1. The molecule has 0 radical (unpaired) electrons. The summed E-state index contributed by atoms with van der Waals surface area (Å²) < 4.78 is 28.1. The second-order valence-electron chi connectivity index (χ2n) is 4.04. The average Bonchev–Trinajstić information content (AvgIpc) is 2.29. The molecule has 1 atom stereocenters. The van der Waals surface area contributed by atoms with Crippen LogP contribution in [0.2, 0.25) is 0 Å². The van der Waals surface area contributed by atoms with E-state index in [1.807, 2.05) is 0 Å². The van der Waals surface area contributed by atoms with Gasteiger partial charge in [-0.2, -0.15) is 0 Å². The maximum Gasteiger partial charge on any atom is 0.150 e. The minimum atomic E-state index is -2.81. The summed E-state index contributed by atoms with van der Waals surface area (Å²) in [5, 5.41) is 0.844. The monoisotopic (exact) mass is 313 g/mol. The molecule has 1 aliphatic heterocycles. The van der Waals surface area contributed by atoms with Crippen LogP contribution >= 0.6 is 15.9 Å². The van der Waals surface area contributed by atoms with Crippen molar-refractivity contribution in [1.82, 2.24) is 4.90 Å².